The summed E-state index contributed by atoms with van der Waals surface area (Å²) < 4.78 is 5.23. The van der Waals surface area contributed by atoms with Gasteiger partial charge in [-0.15, -0.1) is 0 Å². The molecule has 2 aliphatic heterocycles. The van der Waals surface area contributed by atoms with Crippen molar-refractivity contribution in [1.29, 1.82) is 0 Å². The Morgan fingerprint density at radius 2 is 1.82 bits per heavy atom. The van der Waals surface area contributed by atoms with E-state index in [1.807, 2.05) is 0 Å². The SMILES string of the molecule is COc1cccc(C2NC(Cc3ccc([N+](=O)[O-])cc3)(C(=O)O)C3C(=O)N(C4CCCCC4)C(=O)C23)c1O. The van der Waals surface area contributed by atoms with Gasteiger partial charge in [-0.3, -0.25) is 34.7 Å². The second kappa shape index (κ2) is 9.71. The Kier molecular flexibility index (Phi) is 6.56. The molecule has 2 aromatic carbocycles. The van der Waals surface area contributed by atoms with Crippen LogP contribution in [0.1, 0.15) is 49.3 Å². The van der Waals surface area contributed by atoms with E-state index in [-0.39, 0.29) is 35.2 Å². The minimum atomic E-state index is -1.89. The molecule has 3 N–H and O–H groups in total. The van der Waals surface area contributed by atoms with Crippen molar-refractivity contribution >= 4 is 23.5 Å². The fourth-order valence-corrected chi connectivity index (χ4v) is 6.44. The highest BCUT2D eigenvalue weighted by Crippen LogP contribution is 2.53. The molecule has 0 bridgehead atoms. The van der Waals surface area contributed by atoms with Crippen molar-refractivity contribution in [3.8, 4) is 11.5 Å². The molecular weight excluding hydrogens is 494 g/mol. The van der Waals surface area contributed by atoms with E-state index in [1.165, 1.54) is 36.3 Å². The van der Waals surface area contributed by atoms with Crippen molar-refractivity contribution in [2.24, 2.45) is 11.8 Å². The number of phenolic OH excluding ortho intramolecular Hbond substituents is 1. The lowest BCUT2D eigenvalue weighted by Gasteiger charge is -2.34. The molecule has 200 valence electrons. The minimum absolute atomic E-state index is 0.148. The molecule has 4 atom stereocenters. The number of nitrogens with one attached hydrogen (secondary N) is 1. The summed E-state index contributed by atoms with van der Waals surface area (Å²) >= 11 is 0. The molecule has 11 nitrogen and oxygen atoms in total. The zero-order chi connectivity index (χ0) is 27.2. The van der Waals surface area contributed by atoms with Crippen LogP contribution < -0.4 is 10.1 Å². The topological polar surface area (TPSA) is 159 Å². The zero-order valence-corrected chi connectivity index (χ0v) is 20.8. The van der Waals surface area contributed by atoms with Crippen molar-refractivity contribution in [2.75, 3.05) is 7.11 Å². The standard InChI is InChI=1S/C27H29N3O8/c1-38-19-9-5-8-18(23(19)31)22-20-21(25(33)29(24(20)32)16-6-3-2-4-7-16)27(28-22,26(34)35)14-15-10-12-17(13-11-15)30(36)37/h5,8-13,16,20-22,28,31H,2-4,6-7,14H2,1H3,(H,34,35). The summed E-state index contributed by atoms with van der Waals surface area (Å²) in [6, 6.07) is 8.94. The van der Waals surface area contributed by atoms with Crippen molar-refractivity contribution in [3.05, 3.63) is 63.7 Å². The van der Waals surface area contributed by atoms with E-state index in [0.717, 1.165) is 19.3 Å². The van der Waals surface area contributed by atoms with Gasteiger partial charge in [0.25, 0.3) is 5.69 Å². The molecule has 11 heteroatoms. The lowest BCUT2D eigenvalue weighted by Crippen LogP contribution is -2.58. The number of imide groups is 1. The first-order chi connectivity index (χ1) is 18.2. The summed E-state index contributed by atoms with van der Waals surface area (Å²) in [5.41, 5.74) is -1.32. The van der Waals surface area contributed by atoms with Crippen molar-refractivity contribution in [2.45, 2.75) is 56.1 Å². The highest BCUT2D eigenvalue weighted by atomic mass is 16.6. The largest absolute Gasteiger partial charge is 0.504 e. The van der Waals surface area contributed by atoms with Crippen LogP contribution >= 0.6 is 0 Å². The number of aliphatic carboxylic acids is 1. The van der Waals surface area contributed by atoms with Gasteiger partial charge in [0.1, 0.15) is 5.54 Å². The highest BCUT2D eigenvalue weighted by molar-refractivity contribution is 6.10. The summed E-state index contributed by atoms with van der Waals surface area (Å²) in [6.07, 6.45) is 3.91. The first kappa shape index (κ1) is 25.7. The summed E-state index contributed by atoms with van der Waals surface area (Å²) in [5, 5.41) is 35.7. The number of likely N-dealkylation sites (tertiary alicyclic amines) is 1. The van der Waals surface area contributed by atoms with Crippen molar-refractivity contribution in [3.63, 3.8) is 0 Å². The lowest BCUT2D eigenvalue weighted by atomic mass is 9.76. The van der Waals surface area contributed by atoms with Gasteiger partial charge in [-0.2, -0.15) is 0 Å². The van der Waals surface area contributed by atoms with Crippen LogP contribution in [-0.4, -0.2) is 56.5 Å². The van der Waals surface area contributed by atoms with Crippen LogP contribution in [0.3, 0.4) is 0 Å². The van der Waals surface area contributed by atoms with Crippen molar-refractivity contribution in [1.82, 2.24) is 10.2 Å². The number of ether oxygens (including phenoxy) is 1. The number of non-ortho nitro benzene ring substituents is 1. The molecule has 0 aromatic heterocycles. The van der Waals surface area contributed by atoms with E-state index in [0.29, 0.717) is 18.4 Å². The summed E-state index contributed by atoms with van der Waals surface area (Å²) in [6.45, 7) is 0. The van der Waals surface area contributed by atoms with Gasteiger partial charge in [-0.1, -0.05) is 43.5 Å². The normalized spacial score (nSPS) is 27.4. The quantitative estimate of drug-likeness (QED) is 0.282. The first-order valence-electron chi connectivity index (χ1n) is 12.7. The number of fused-ring (bicyclic) bond motifs is 1. The number of para-hydroxylation sites is 1. The molecule has 1 aliphatic carbocycles. The number of hydrogen-bond donors (Lipinski definition) is 3. The number of amides is 2. The van der Waals surface area contributed by atoms with Crippen LogP contribution in [0, 0.1) is 22.0 Å². The average Bonchev–Trinajstić information content (AvgIpc) is 3.38. The number of carbonyl (C=O) groups excluding carboxylic acids is 2. The second-order valence-electron chi connectivity index (χ2n) is 10.2. The van der Waals surface area contributed by atoms with E-state index in [4.69, 9.17) is 4.74 Å². The molecule has 2 saturated heterocycles. The third-order valence-electron chi connectivity index (χ3n) is 8.23. The zero-order valence-electron chi connectivity index (χ0n) is 20.8. The Hall–Kier alpha value is -3.99. The summed E-state index contributed by atoms with van der Waals surface area (Å²) in [4.78, 5) is 52.7. The number of hydrogen-bond acceptors (Lipinski definition) is 8. The van der Waals surface area contributed by atoms with Crippen LogP contribution in [0.5, 0.6) is 11.5 Å². The van der Waals surface area contributed by atoms with E-state index >= 15 is 0 Å². The molecule has 0 radical (unpaired) electrons. The highest BCUT2D eigenvalue weighted by Gasteiger charge is 2.69. The Morgan fingerprint density at radius 3 is 2.42 bits per heavy atom. The van der Waals surface area contributed by atoms with Gasteiger partial charge in [0.15, 0.2) is 11.5 Å². The number of aromatic hydroxyl groups is 1. The molecule has 1 saturated carbocycles. The third kappa shape index (κ3) is 3.97. The van der Waals surface area contributed by atoms with Crippen LogP contribution in [0.2, 0.25) is 0 Å². The molecule has 2 aromatic rings. The van der Waals surface area contributed by atoms with Gasteiger partial charge in [-0.05, 0) is 24.5 Å². The lowest BCUT2D eigenvalue weighted by molar-refractivity contribution is -0.384. The maximum Gasteiger partial charge on any atom is 0.325 e. The molecule has 2 heterocycles. The number of rotatable bonds is 7. The number of carboxylic acid groups (broad SMARTS) is 1. The Balaban J connectivity index is 1.62. The van der Waals surface area contributed by atoms with E-state index in [9.17, 15) is 34.7 Å². The number of methoxy groups -OCH3 is 1. The van der Waals surface area contributed by atoms with Gasteiger partial charge in [0, 0.05) is 36.2 Å². The second-order valence-corrected chi connectivity index (χ2v) is 10.2. The van der Waals surface area contributed by atoms with Crippen molar-refractivity contribution < 1.29 is 34.3 Å². The molecule has 0 spiro atoms. The average molecular weight is 524 g/mol. The van der Waals surface area contributed by atoms with Gasteiger partial charge in [0.2, 0.25) is 11.8 Å². The summed E-state index contributed by atoms with van der Waals surface area (Å²) in [5.74, 6) is -4.67. The molecule has 2 amide bonds. The molecule has 4 unspecified atom stereocenters. The fourth-order valence-electron chi connectivity index (χ4n) is 6.44. The van der Waals surface area contributed by atoms with E-state index in [2.05, 4.69) is 5.32 Å². The predicted molar refractivity (Wildman–Crippen MR) is 133 cm³/mol. The maximum absolute atomic E-state index is 14.0. The number of carboxylic acids is 1. The maximum atomic E-state index is 14.0. The molecule has 3 fully saturated rings. The van der Waals surface area contributed by atoms with Gasteiger partial charge in [-0.25, -0.2) is 0 Å². The predicted octanol–water partition coefficient (Wildman–Crippen LogP) is 2.95. The van der Waals surface area contributed by atoms with E-state index < -0.39 is 46.1 Å². The monoisotopic (exact) mass is 523 g/mol. The molecular formula is C27H29N3O8. The fraction of sp³-hybridized carbons (Fsp3) is 0.444. The van der Waals surface area contributed by atoms with Crippen LogP contribution in [0.15, 0.2) is 42.5 Å². The number of phenols is 1. The number of nitrogens with zero attached hydrogens (tertiary/aromatic N) is 2. The van der Waals surface area contributed by atoms with E-state index in [1.54, 1.807) is 18.2 Å². The minimum Gasteiger partial charge on any atom is -0.504 e. The van der Waals surface area contributed by atoms with Crippen LogP contribution in [0.25, 0.3) is 0 Å². The smallest absolute Gasteiger partial charge is 0.325 e. The molecule has 38 heavy (non-hydrogen) atoms. The third-order valence-corrected chi connectivity index (χ3v) is 8.23. The number of carbonyl (C=O) groups is 3. The Labute approximate surface area is 218 Å². The first-order valence-corrected chi connectivity index (χ1v) is 12.7. The molecule has 5 rings (SSSR count). The van der Waals surface area contributed by atoms with Gasteiger partial charge < -0.3 is 14.9 Å². The Morgan fingerprint density at radius 1 is 1.13 bits per heavy atom. The Bertz CT molecular complexity index is 1290. The number of nitro groups is 1. The van der Waals surface area contributed by atoms with Crippen LogP contribution in [-0.2, 0) is 20.8 Å². The van der Waals surface area contributed by atoms with Gasteiger partial charge in [0.05, 0.1) is 23.9 Å². The van der Waals surface area contributed by atoms with Gasteiger partial charge >= 0.3 is 5.97 Å². The number of nitro benzene ring substituents is 1. The summed E-state index contributed by atoms with van der Waals surface area (Å²) in [7, 11) is 1.38. The number of benzene rings is 2. The molecule has 3 aliphatic rings. The van der Waals surface area contributed by atoms with Crippen LogP contribution in [0.4, 0.5) is 5.69 Å².